The molecule has 0 bridgehead atoms. The first-order valence-electron chi connectivity index (χ1n) is 3.71. The van der Waals surface area contributed by atoms with Gasteiger partial charge in [0.05, 0.1) is 0 Å². The van der Waals surface area contributed by atoms with Gasteiger partial charge in [0.2, 0.25) is 0 Å². The van der Waals surface area contributed by atoms with Crippen molar-refractivity contribution in [3.05, 3.63) is 29.7 Å². The highest BCUT2D eigenvalue weighted by Gasteiger charge is 2.02. The second-order valence-corrected chi connectivity index (χ2v) is 3.53. The molecule has 1 aromatic carbocycles. The molecule has 62 valence electrons. The van der Waals surface area contributed by atoms with Gasteiger partial charge >= 0.3 is 0 Å². The first kappa shape index (κ1) is 7.75. The van der Waals surface area contributed by atoms with Crippen LogP contribution in [0.25, 0.3) is 10.9 Å². The fourth-order valence-corrected chi connectivity index (χ4v) is 1.77. The minimum absolute atomic E-state index is 0.200. The second kappa shape index (κ2) is 2.56. The maximum Gasteiger partial charge on any atom is 0.125 e. The Kier molecular flexibility index (Phi) is 1.66. The Balaban J connectivity index is 2.88. The quantitative estimate of drug-likeness (QED) is 0.599. The van der Waals surface area contributed by atoms with Crippen molar-refractivity contribution in [2.75, 3.05) is 0 Å². The average Bonchev–Trinajstić information content (AvgIpc) is 2.29. The minimum atomic E-state index is -0.200. The van der Waals surface area contributed by atoms with Crippen LogP contribution in [0.3, 0.4) is 0 Å². The Labute approximate surface area is 72.2 Å². The fourth-order valence-electron chi connectivity index (χ4n) is 1.37. The number of hydrogen-bond donors (Lipinski definition) is 1. The smallest absolute Gasteiger partial charge is 0.125 e. The van der Waals surface area contributed by atoms with E-state index in [1.807, 2.05) is 13.0 Å². The molecular formula is C9H9FNP. The van der Waals surface area contributed by atoms with E-state index in [0.29, 0.717) is 0 Å². The molecule has 1 aromatic heterocycles. The highest BCUT2D eigenvalue weighted by Crippen LogP contribution is 2.16. The molecule has 2 aromatic rings. The molecule has 0 amide bonds. The summed E-state index contributed by atoms with van der Waals surface area (Å²) in [5.74, 6) is -0.200. The zero-order chi connectivity index (χ0) is 8.72. The molecule has 1 nitrogen and oxygen atoms in total. The summed E-state index contributed by atoms with van der Waals surface area (Å²) >= 11 is 0. The number of H-pyrrole nitrogens is 1. The molecule has 2 rings (SSSR count). The molecule has 3 heteroatoms. The molecule has 1 atom stereocenters. The SMILES string of the molecule is Cc1cc2c(P)cc(F)cc2[nH]1. The van der Waals surface area contributed by atoms with Crippen LogP contribution in [0.4, 0.5) is 4.39 Å². The predicted octanol–water partition coefficient (Wildman–Crippen LogP) is 2.12. The maximum absolute atomic E-state index is 12.9. The number of aromatic nitrogens is 1. The van der Waals surface area contributed by atoms with E-state index in [1.54, 1.807) is 0 Å². The van der Waals surface area contributed by atoms with Gasteiger partial charge in [-0.25, -0.2) is 4.39 Å². The van der Waals surface area contributed by atoms with Crippen LogP contribution in [0.15, 0.2) is 18.2 Å². The number of fused-ring (bicyclic) bond motifs is 1. The van der Waals surface area contributed by atoms with Crippen LogP contribution < -0.4 is 5.30 Å². The topological polar surface area (TPSA) is 15.8 Å². The Morgan fingerprint density at radius 3 is 2.83 bits per heavy atom. The van der Waals surface area contributed by atoms with E-state index < -0.39 is 0 Å². The molecule has 0 radical (unpaired) electrons. The average molecular weight is 181 g/mol. The Hall–Kier alpha value is -0.880. The van der Waals surface area contributed by atoms with E-state index in [9.17, 15) is 4.39 Å². The van der Waals surface area contributed by atoms with Gasteiger partial charge in [0.25, 0.3) is 0 Å². The van der Waals surface area contributed by atoms with Gasteiger partial charge in [0.1, 0.15) is 5.82 Å². The first-order chi connectivity index (χ1) is 5.66. The lowest BCUT2D eigenvalue weighted by atomic mass is 10.2. The molecular weight excluding hydrogens is 172 g/mol. The third-order valence-corrected chi connectivity index (χ3v) is 2.35. The van der Waals surface area contributed by atoms with Gasteiger partial charge in [0, 0.05) is 16.6 Å². The van der Waals surface area contributed by atoms with Crippen LogP contribution in [0.2, 0.25) is 0 Å². The number of aryl methyl sites for hydroxylation is 1. The molecule has 0 spiro atoms. The molecule has 0 saturated heterocycles. The highest BCUT2D eigenvalue weighted by molar-refractivity contribution is 7.28. The van der Waals surface area contributed by atoms with Crippen molar-refractivity contribution in [2.24, 2.45) is 0 Å². The van der Waals surface area contributed by atoms with Gasteiger partial charge in [-0.3, -0.25) is 0 Å². The summed E-state index contributed by atoms with van der Waals surface area (Å²) in [6.45, 7) is 1.96. The lowest BCUT2D eigenvalue weighted by Gasteiger charge is -1.94. The fraction of sp³-hybridized carbons (Fsp3) is 0.111. The molecule has 0 aliphatic heterocycles. The van der Waals surface area contributed by atoms with E-state index in [2.05, 4.69) is 14.2 Å². The summed E-state index contributed by atoms with van der Waals surface area (Å²) in [7, 11) is 2.53. The molecule has 1 unspecified atom stereocenters. The van der Waals surface area contributed by atoms with Crippen LogP contribution in [0, 0.1) is 12.7 Å². The van der Waals surface area contributed by atoms with Crippen molar-refractivity contribution in [1.82, 2.24) is 4.98 Å². The van der Waals surface area contributed by atoms with Crippen molar-refractivity contribution in [2.45, 2.75) is 6.92 Å². The molecule has 1 heterocycles. The summed E-state index contributed by atoms with van der Waals surface area (Å²) < 4.78 is 12.9. The second-order valence-electron chi connectivity index (χ2n) is 2.91. The van der Waals surface area contributed by atoms with E-state index in [0.717, 1.165) is 21.9 Å². The number of benzene rings is 1. The first-order valence-corrected chi connectivity index (χ1v) is 4.29. The normalized spacial score (nSPS) is 10.9. The van der Waals surface area contributed by atoms with Gasteiger partial charge in [0.15, 0.2) is 0 Å². The van der Waals surface area contributed by atoms with Gasteiger partial charge in [-0.15, -0.1) is 9.24 Å². The monoisotopic (exact) mass is 181 g/mol. The van der Waals surface area contributed by atoms with Crippen LogP contribution >= 0.6 is 9.24 Å². The standard InChI is InChI=1S/C9H9FNP/c1-5-2-7-8(11-5)3-6(10)4-9(7)12/h2-4,11H,12H2,1H3. The summed E-state index contributed by atoms with van der Waals surface area (Å²) in [4.78, 5) is 3.09. The molecule has 0 saturated carbocycles. The predicted molar refractivity (Wildman–Crippen MR) is 52.3 cm³/mol. The van der Waals surface area contributed by atoms with E-state index in [-0.39, 0.29) is 5.82 Å². The van der Waals surface area contributed by atoms with Crippen molar-refractivity contribution >= 4 is 25.4 Å². The zero-order valence-corrected chi connectivity index (χ0v) is 7.84. The van der Waals surface area contributed by atoms with Crippen LogP contribution in [0.1, 0.15) is 5.69 Å². The highest BCUT2D eigenvalue weighted by atomic mass is 31.0. The van der Waals surface area contributed by atoms with E-state index in [4.69, 9.17) is 0 Å². The third-order valence-electron chi connectivity index (χ3n) is 1.87. The van der Waals surface area contributed by atoms with Crippen molar-refractivity contribution in [3.63, 3.8) is 0 Å². The number of nitrogens with one attached hydrogen (secondary N) is 1. The lowest BCUT2D eigenvalue weighted by molar-refractivity contribution is 0.630. The molecule has 0 fully saturated rings. The molecule has 1 N–H and O–H groups in total. The zero-order valence-electron chi connectivity index (χ0n) is 6.69. The Bertz CT molecular complexity index is 433. The number of rotatable bonds is 0. The molecule has 12 heavy (non-hydrogen) atoms. The van der Waals surface area contributed by atoms with Crippen molar-refractivity contribution < 1.29 is 4.39 Å². The summed E-state index contributed by atoms with van der Waals surface area (Å²) in [5, 5.41) is 1.97. The van der Waals surface area contributed by atoms with Crippen LogP contribution in [0.5, 0.6) is 0 Å². The molecule has 0 aliphatic rings. The number of aromatic amines is 1. The maximum atomic E-state index is 12.9. The largest absolute Gasteiger partial charge is 0.359 e. The summed E-state index contributed by atoms with van der Waals surface area (Å²) in [5.41, 5.74) is 1.91. The Morgan fingerprint density at radius 2 is 2.08 bits per heavy atom. The lowest BCUT2D eigenvalue weighted by Crippen LogP contribution is -1.92. The Morgan fingerprint density at radius 1 is 1.33 bits per heavy atom. The summed E-state index contributed by atoms with van der Waals surface area (Å²) in [6, 6.07) is 5.04. The number of halogens is 1. The summed E-state index contributed by atoms with van der Waals surface area (Å²) in [6.07, 6.45) is 0. The molecule has 0 aliphatic carbocycles. The van der Waals surface area contributed by atoms with Crippen LogP contribution in [-0.4, -0.2) is 4.98 Å². The van der Waals surface area contributed by atoms with Gasteiger partial charge in [-0.1, -0.05) is 0 Å². The van der Waals surface area contributed by atoms with Gasteiger partial charge < -0.3 is 4.98 Å². The van der Waals surface area contributed by atoms with E-state index >= 15 is 0 Å². The number of hydrogen-bond acceptors (Lipinski definition) is 0. The van der Waals surface area contributed by atoms with Crippen molar-refractivity contribution in [1.29, 1.82) is 0 Å². The van der Waals surface area contributed by atoms with Gasteiger partial charge in [-0.05, 0) is 30.4 Å². The van der Waals surface area contributed by atoms with Crippen LogP contribution in [-0.2, 0) is 0 Å². The third kappa shape index (κ3) is 1.12. The van der Waals surface area contributed by atoms with Gasteiger partial charge in [-0.2, -0.15) is 0 Å². The minimum Gasteiger partial charge on any atom is -0.359 e. The van der Waals surface area contributed by atoms with E-state index in [1.165, 1.54) is 12.1 Å². The van der Waals surface area contributed by atoms with Crippen molar-refractivity contribution in [3.8, 4) is 0 Å².